The molecule has 0 amide bonds. The van der Waals surface area contributed by atoms with Gasteiger partial charge in [0.1, 0.15) is 5.82 Å². The van der Waals surface area contributed by atoms with Crippen molar-refractivity contribution in [3.8, 4) is 0 Å². The second-order valence-corrected chi connectivity index (χ2v) is 4.68. The smallest absolute Gasteiger partial charge is 0.251 e. The van der Waals surface area contributed by atoms with Gasteiger partial charge in [-0.25, -0.2) is 13.8 Å². The van der Waals surface area contributed by atoms with Crippen molar-refractivity contribution in [2.75, 3.05) is 18.0 Å². The summed E-state index contributed by atoms with van der Waals surface area (Å²) in [7, 11) is 0. The fourth-order valence-electron chi connectivity index (χ4n) is 2.30. The molecule has 1 aliphatic rings. The Labute approximate surface area is 112 Å². The first kappa shape index (κ1) is 12.7. The predicted molar refractivity (Wildman–Crippen MR) is 69.2 cm³/mol. The van der Waals surface area contributed by atoms with Gasteiger partial charge < -0.3 is 9.32 Å². The molecule has 6 nitrogen and oxygen atoms in total. The number of furan rings is 1. The molecule has 2 aromatic rings. The number of aromatic nitrogens is 1. The first-order chi connectivity index (χ1) is 9.59. The van der Waals surface area contributed by atoms with Crippen LogP contribution >= 0.6 is 0 Å². The molecule has 0 spiro atoms. The molecule has 0 bridgehead atoms. The van der Waals surface area contributed by atoms with Crippen LogP contribution in [0.3, 0.4) is 0 Å². The highest BCUT2D eigenvalue weighted by molar-refractivity contribution is 5.89. The summed E-state index contributed by atoms with van der Waals surface area (Å²) in [6, 6.07) is 3.32. The van der Waals surface area contributed by atoms with E-state index in [2.05, 4.69) is 15.0 Å². The van der Waals surface area contributed by atoms with E-state index in [9.17, 15) is 8.78 Å². The van der Waals surface area contributed by atoms with Gasteiger partial charge in [-0.05, 0) is 22.8 Å². The van der Waals surface area contributed by atoms with Gasteiger partial charge in [-0.2, -0.15) is 0 Å². The van der Waals surface area contributed by atoms with Gasteiger partial charge in [0, 0.05) is 36.2 Å². The summed E-state index contributed by atoms with van der Waals surface area (Å²) in [6.07, 6.45) is 1.06. The SMILES string of the molecule is [N-]=[N+]=Nc1cc2ccoc2c(N2CCC(F)(F)CC2)n1. The summed E-state index contributed by atoms with van der Waals surface area (Å²) in [5.41, 5.74) is 9.01. The lowest BCUT2D eigenvalue weighted by Gasteiger charge is -2.32. The molecule has 1 fully saturated rings. The minimum atomic E-state index is -2.62. The number of pyridine rings is 1. The Morgan fingerprint density at radius 1 is 1.40 bits per heavy atom. The third-order valence-corrected chi connectivity index (χ3v) is 3.35. The molecule has 0 atom stereocenters. The number of azide groups is 1. The Morgan fingerprint density at radius 2 is 2.15 bits per heavy atom. The van der Waals surface area contributed by atoms with E-state index in [4.69, 9.17) is 9.95 Å². The van der Waals surface area contributed by atoms with Crippen molar-refractivity contribution in [2.45, 2.75) is 18.8 Å². The second-order valence-electron chi connectivity index (χ2n) is 4.68. The fourth-order valence-corrected chi connectivity index (χ4v) is 2.30. The standard InChI is InChI=1S/C12H11F2N5O/c13-12(14)2-4-19(5-3-12)11-10-8(1-6-20-10)7-9(16-11)17-18-15/h1,6-7H,2-5H2. The Kier molecular flexibility index (Phi) is 2.94. The van der Waals surface area contributed by atoms with Gasteiger partial charge in [-0.15, -0.1) is 0 Å². The molecule has 0 aromatic carbocycles. The zero-order valence-electron chi connectivity index (χ0n) is 10.5. The minimum Gasteiger partial charge on any atom is -0.460 e. The third kappa shape index (κ3) is 2.25. The quantitative estimate of drug-likeness (QED) is 0.473. The maximum Gasteiger partial charge on any atom is 0.251 e. The van der Waals surface area contributed by atoms with Gasteiger partial charge in [0.15, 0.2) is 11.4 Å². The molecule has 2 aromatic heterocycles. The van der Waals surface area contributed by atoms with Crippen LogP contribution in [0, 0.1) is 0 Å². The van der Waals surface area contributed by atoms with Crippen LogP contribution in [0.1, 0.15) is 12.8 Å². The van der Waals surface area contributed by atoms with Crippen LogP contribution in [0.4, 0.5) is 20.4 Å². The molecule has 3 heterocycles. The lowest BCUT2D eigenvalue weighted by molar-refractivity contribution is -0.0221. The Morgan fingerprint density at radius 3 is 2.85 bits per heavy atom. The monoisotopic (exact) mass is 279 g/mol. The van der Waals surface area contributed by atoms with Crippen LogP contribution in [0.15, 0.2) is 27.9 Å². The zero-order chi connectivity index (χ0) is 14.2. The maximum absolute atomic E-state index is 13.2. The lowest BCUT2D eigenvalue weighted by atomic mass is 10.1. The number of hydrogen-bond acceptors (Lipinski definition) is 4. The zero-order valence-corrected chi connectivity index (χ0v) is 10.5. The van der Waals surface area contributed by atoms with Crippen LogP contribution in [0.25, 0.3) is 21.4 Å². The average molecular weight is 279 g/mol. The van der Waals surface area contributed by atoms with Gasteiger partial charge in [0.2, 0.25) is 0 Å². The van der Waals surface area contributed by atoms with E-state index < -0.39 is 5.92 Å². The van der Waals surface area contributed by atoms with Crippen LogP contribution in [0.5, 0.6) is 0 Å². The van der Waals surface area contributed by atoms with E-state index >= 15 is 0 Å². The largest absolute Gasteiger partial charge is 0.460 e. The molecule has 8 heteroatoms. The van der Waals surface area contributed by atoms with Crippen molar-refractivity contribution in [3.05, 3.63) is 28.8 Å². The molecule has 0 unspecified atom stereocenters. The van der Waals surface area contributed by atoms with Gasteiger partial charge in [0.05, 0.1) is 6.26 Å². The van der Waals surface area contributed by atoms with Crippen molar-refractivity contribution < 1.29 is 13.2 Å². The van der Waals surface area contributed by atoms with Gasteiger partial charge in [0.25, 0.3) is 5.92 Å². The highest BCUT2D eigenvalue weighted by Gasteiger charge is 2.35. The second kappa shape index (κ2) is 4.64. The predicted octanol–water partition coefficient (Wildman–Crippen LogP) is 4.01. The van der Waals surface area contributed by atoms with E-state index in [-0.39, 0.29) is 31.7 Å². The molecule has 20 heavy (non-hydrogen) atoms. The van der Waals surface area contributed by atoms with E-state index in [0.29, 0.717) is 11.4 Å². The number of rotatable bonds is 2. The summed E-state index contributed by atoms with van der Waals surface area (Å²) < 4.78 is 31.8. The van der Waals surface area contributed by atoms with E-state index in [1.165, 1.54) is 6.26 Å². The molecule has 1 saturated heterocycles. The highest BCUT2D eigenvalue weighted by Crippen LogP contribution is 2.34. The molecule has 0 N–H and O–H groups in total. The number of anilines is 1. The average Bonchev–Trinajstić information content (AvgIpc) is 2.86. The molecular weight excluding hydrogens is 268 g/mol. The van der Waals surface area contributed by atoms with E-state index in [0.717, 1.165) is 5.39 Å². The summed E-state index contributed by atoms with van der Waals surface area (Å²) >= 11 is 0. The number of piperidine rings is 1. The molecule has 0 saturated carbocycles. The summed E-state index contributed by atoms with van der Waals surface area (Å²) in [5.74, 6) is -1.97. The van der Waals surface area contributed by atoms with Crippen molar-refractivity contribution >= 4 is 22.6 Å². The summed E-state index contributed by atoms with van der Waals surface area (Å²) in [4.78, 5) is 8.64. The van der Waals surface area contributed by atoms with Crippen molar-refractivity contribution in [2.24, 2.45) is 5.11 Å². The molecule has 0 radical (unpaired) electrons. The van der Waals surface area contributed by atoms with Crippen LogP contribution in [0.2, 0.25) is 0 Å². The van der Waals surface area contributed by atoms with Crippen LogP contribution < -0.4 is 4.90 Å². The van der Waals surface area contributed by atoms with Gasteiger partial charge in [-0.1, -0.05) is 0 Å². The number of hydrogen-bond donors (Lipinski definition) is 0. The van der Waals surface area contributed by atoms with Crippen molar-refractivity contribution in [3.63, 3.8) is 0 Å². The van der Waals surface area contributed by atoms with Gasteiger partial charge >= 0.3 is 0 Å². The van der Waals surface area contributed by atoms with Crippen LogP contribution in [-0.2, 0) is 0 Å². The maximum atomic E-state index is 13.2. The third-order valence-electron chi connectivity index (χ3n) is 3.35. The van der Waals surface area contributed by atoms with Crippen LogP contribution in [-0.4, -0.2) is 24.0 Å². The number of alkyl halides is 2. The van der Waals surface area contributed by atoms with Crippen molar-refractivity contribution in [1.29, 1.82) is 0 Å². The Hall–Kier alpha value is -2.34. The lowest BCUT2D eigenvalue weighted by Crippen LogP contribution is -2.39. The topological polar surface area (TPSA) is 78.0 Å². The Balaban J connectivity index is 2.01. The molecule has 3 rings (SSSR count). The number of nitrogens with zero attached hydrogens (tertiary/aromatic N) is 5. The molecule has 0 aliphatic carbocycles. The van der Waals surface area contributed by atoms with E-state index in [1.54, 1.807) is 17.0 Å². The molecule has 104 valence electrons. The van der Waals surface area contributed by atoms with E-state index in [1.807, 2.05) is 0 Å². The van der Waals surface area contributed by atoms with Gasteiger partial charge in [-0.3, -0.25) is 0 Å². The molecule has 1 aliphatic heterocycles. The normalized spacial score (nSPS) is 18.0. The first-order valence-corrected chi connectivity index (χ1v) is 6.15. The number of halogens is 2. The first-order valence-electron chi connectivity index (χ1n) is 6.15. The summed E-state index contributed by atoms with van der Waals surface area (Å²) in [6.45, 7) is 0.380. The number of fused-ring (bicyclic) bond motifs is 1. The summed E-state index contributed by atoms with van der Waals surface area (Å²) in [5, 5.41) is 4.20. The molecular formula is C12H11F2N5O. The van der Waals surface area contributed by atoms with Crippen molar-refractivity contribution in [1.82, 2.24) is 4.98 Å². The highest BCUT2D eigenvalue weighted by atomic mass is 19.3. The fraction of sp³-hybridized carbons (Fsp3) is 0.417. The minimum absolute atomic E-state index is 0.190. The Bertz CT molecular complexity index is 682.